The fourth-order valence-corrected chi connectivity index (χ4v) is 4.14. The lowest BCUT2D eigenvalue weighted by Gasteiger charge is -2.25. The van der Waals surface area contributed by atoms with Crippen LogP contribution in [0.1, 0.15) is 0 Å². The average Bonchev–Trinajstić information content (AvgIpc) is 3.02. The highest BCUT2D eigenvalue weighted by Crippen LogP contribution is 2.37. The van der Waals surface area contributed by atoms with Crippen molar-refractivity contribution in [3.8, 4) is 11.5 Å². The van der Waals surface area contributed by atoms with E-state index in [0.717, 1.165) is 25.2 Å². The summed E-state index contributed by atoms with van der Waals surface area (Å²) in [5.41, 5.74) is -0.702. The first-order chi connectivity index (χ1) is 16.1. The molecule has 9 nitrogen and oxygen atoms in total. The van der Waals surface area contributed by atoms with Crippen molar-refractivity contribution in [1.29, 1.82) is 0 Å². The molecule has 0 fully saturated rings. The van der Waals surface area contributed by atoms with Crippen LogP contribution >= 0.6 is 23.2 Å². The van der Waals surface area contributed by atoms with Crippen molar-refractivity contribution >= 4 is 50.9 Å². The molecule has 0 saturated carbocycles. The quantitative estimate of drug-likeness (QED) is 0.428. The Kier molecular flexibility index (Phi) is 7.68. The van der Waals surface area contributed by atoms with Crippen LogP contribution < -0.4 is 9.64 Å². The minimum absolute atomic E-state index is 0.00862. The molecule has 1 aliphatic heterocycles. The van der Waals surface area contributed by atoms with Crippen LogP contribution in [0.25, 0.3) is 0 Å². The summed E-state index contributed by atoms with van der Waals surface area (Å²) in [6.45, 7) is 0. The standard InChI is InChI=1S/C22H17Cl2NO8S/c1-31-21(26)15-5-3-4-10-25(20(15)22(27)32-2)17-8-7-14(12-19(17)34(28,29)30)33-18-9-6-13(23)11-16(18)24/h3-12H,1-2H3,(H,28,29,30). The number of anilines is 1. The molecule has 0 atom stereocenters. The van der Waals surface area contributed by atoms with Crippen LogP contribution in [0.5, 0.6) is 11.5 Å². The molecule has 1 aliphatic rings. The largest absolute Gasteiger partial charge is 0.465 e. The van der Waals surface area contributed by atoms with Crippen LogP contribution in [0.3, 0.4) is 0 Å². The van der Waals surface area contributed by atoms with Gasteiger partial charge in [-0.15, -0.1) is 0 Å². The van der Waals surface area contributed by atoms with Crippen molar-refractivity contribution in [1.82, 2.24) is 0 Å². The number of methoxy groups -OCH3 is 2. The number of nitrogens with zero attached hydrogens (tertiary/aromatic N) is 1. The molecule has 0 unspecified atom stereocenters. The number of ether oxygens (including phenoxy) is 3. The van der Waals surface area contributed by atoms with Gasteiger partial charge in [-0.05, 0) is 42.5 Å². The highest BCUT2D eigenvalue weighted by atomic mass is 35.5. The van der Waals surface area contributed by atoms with E-state index < -0.39 is 27.0 Å². The van der Waals surface area contributed by atoms with Crippen LogP contribution in [0.4, 0.5) is 5.69 Å². The second-order valence-corrected chi connectivity index (χ2v) is 8.83. The number of carbonyl (C=O) groups excluding carboxylic acids is 2. The predicted molar refractivity (Wildman–Crippen MR) is 125 cm³/mol. The van der Waals surface area contributed by atoms with Gasteiger partial charge in [0.2, 0.25) is 0 Å². The molecule has 2 aromatic carbocycles. The predicted octanol–water partition coefficient (Wildman–Crippen LogP) is 4.52. The van der Waals surface area contributed by atoms with Gasteiger partial charge >= 0.3 is 11.9 Å². The smallest absolute Gasteiger partial charge is 0.355 e. The van der Waals surface area contributed by atoms with Gasteiger partial charge in [-0.3, -0.25) is 4.55 Å². The minimum Gasteiger partial charge on any atom is -0.465 e. The van der Waals surface area contributed by atoms with Gasteiger partial charge in [-0.2, -0.15) is 8.42 Å². The van der Waals surface area contributed by atoms with Crippen molar-refractivity contribution < 1.29 is 36.8 Å². The van der Waals surface area contributed by atoms with Gasteiger partial charge in [-0.25, -0.2) is 9.59 Å². The fraction of sp³-hybridized carbons (Fsp3) is 0.0909. The number of carbonyl (C=O) groups is 2. The second-order valence-electron chi connectivity index (χ2n) is 6.60. The van der Waals surface area contributed by atoms with E-state index in [2.05, 4.69) is 0 Å². The monoisotopic (exact) mass is 525 g/mol. The maximum absolute atomic E-state index is 12.6. The second kappa shape index (κ2) is 10.3. The molecule has 2 aromatic rings. The van der Waals surface area contributed by atoms with Crippen LogP contribution in [-0.2, 0) is 29.2 Å². The average molecular weight is 526 g/mol. The molecule has 0 bridgehead atoms. The van der Waals surface area contributed by atoms with E-state index in [1.807, 2.05) is 0 Å². The number of halogens is 2. The molecule has 12 heteroatoms. The molecule has 178 valence electrons. The van der Waals surface area contributed by atoms with E-state index in [-0.39, 0.29) is 33.5 Å². The molecular weight excluding hydrogens is 509 g/mol. The molecule has 1 N–H and O–H groups in total. The van der Waals surface area contributed by atoms with Gasteiger partial charge in [0.05, 0.1) is 30.5 Å². The lowest BCUT2D eigenvalue weighted by Crippen LogP contribution is -2.28. The van der Waals surface area contributed by atoms with E-state index in [1.165, 1.54) is 54.8 Å². The molecule has 0 radical (unpaired) electrons. The van der Waals surface area contributed by atoms with Crippen molar-refractivity contribution in [3.63, 3.8) is 0 Å². The summed E-state index contributed by atoms with van der Waals surface area (Å²) in [6.07, 6.45) is 5.52. The summed E-state index contributed by atoms with van der Waals surface area (Å²) in [6, 6.07) is 8.14. The van der Waals surface area contributed by atoms with Crippen molar-refractivity contribution in [2.75, 3.05) is 19.1 Å². The third-order valence-corrected chi connectivity index (χ3v) is 5.89. The van der Waals surface area contributed by atoms with Gasteiger partial charge in [0.25, 0.3) is 10.1 Å². The highest BCUT2D eigenvalue weighted by Gasteiger charge is 2.31. The summed E-state index contributed by atoms with van der Waals surface area (Å²) in [5, 5.41) is 0.543. The first-order valence-corrected chi connectivity index (χ1v) is 11.6. The zero-order valence-corrected chi connectivity index (χ0v) is 20.0. The normalized spacial score (nSPS) is 13.5. The molecule has 0 aliphatic carbocycles. The van der Waals surface area contributed by atoms with Crippen LogP contribution in [0, 0.1) is 0 Å². The lowest BCUT2D eigenvalue weighted by molar-refractivity contribution is -0.139. The van der Waals surface area contributed by atoms with E-state index in [4.69, 9.17) is 37.4 Å². The molecule has 34 heavy (non-hydrogen) atoms. The Bertz CT molecular complexity index is 1350. The molecular formula is C22H17Cl2NO8S. The van der Waals surface area contributed by atoms with E-state index in [9.17, 15) is 22.6 Å². The Labute approximate surface area is 205 Å². The number of rotatable bonds is 6. The van der Waals surface area contributed by atoms with E-state index >= 15 is 0 Å². The molecule has 0 aromatic heterocycles. The van der Waals surface area contributed by atoms with Gasteiger partial charge in [0.1, 0.15) is 22.1 Å². The Morgan fingerprint density at radius 3 is 2.29 bits per heavy atom. The van der Waals surface area contributed by atoms with Crippen molar-refractivity contribution in [2.45, 2.75) is 4.90 Å². The molecule has 1 heterocycles. The zero-order chi connectivity index (χ0) is 25.0. The molecule has 0 spiro atoms. The fourth-order valence-electron chi connectivity index (χ4n) is 3.00. The number of allylic oxidation sites excluding steroid dienone is 2. The summed E-state index contributed by atoms with van der Waals surface area (Å²) in [5.74, 6) is -1.63. The van der Waals surface area contributed by atoms with E-state index in [1.54, 1.807) is 0 Å². The number of benzene rings is 2. The van der Waals surface area contributed by atoms with Crippen LogP contribution in [0.15, 0.2) is 77.0 Å². The SMILES string of the molecule is COC(=O)C1=C(C(=O)OC)N(c2ccc(Oc3ccc(Cl)cc3Cl)cc2S(=O)(=O)O)C=CC=C1. The lowest BCUT2D eigenvalue weighted by atomic mass is 10.1. The van der Waals surface area contributed by atoms with Crippen molar-refractivity contribution in [2.24, 2.45) is 0 Å². The Morgan fingerprint density at radius 2 is 1.68 bits per heavy atom. The number of esters is 2. The van der Waals surface area contributed by atoms with Crippen LogP contribution in [-0.4, -0.2) is 39.1 Å². The van der Waals surface area contributed by atoms with Gasteiger partial charge in [0.15, 0.2) is 0 Å². The van der Waals surface area contributed by atoms with Gasteiger partial charge in [-0.1, -0.05) is 29.3 Å². The maximum atomic E-state index is 12.6. The summed E-state index contributed by atoms with van der Waals surface area (Å²) in [4.78, 5) is 25.4. The first kappa shape index (κ1) is 25.3. The van der Waals surface area contributed by atoms with E-state index in [0.29, 0.717) is 5.02 Å². The summed E-state index contributed by atoms with van der Waals surface area (Å²) >= 11 is 12.0. The molecule has 3 rings (SSSR count). The highest BCUT2D eigenvalue weighted by molar-refractivity contribution is 7.86. The third kappa shape index (κ3) is 5.42. The molecule has 0 saturated heterocycles. The summed E-state index contributed by atoms with van der Waals surface area (Å²) < 4.78 is 49.7. The first-order valence-electron chi connectivity index (χ1n) is 9.36. The maximum Gasteiger partial charge on any atom is 0.355 e. The van der Waals surface area contributed by atoms with Gasteiger partial charge < -0.3 is 19.1 Å². The minimum atomic E-state index is -4.85. The number of hydrogen-bond acceptors (Lipinski definition) is 8. The Morgan fingerprint density at radius 1 is 0.971 bits per heavy atom. The molecule has 0 amide bonds. The zero-order valence-electron chi connectivity index (χ0n) is 17.7. The third-order valence-electron chi connectivity index (χ3n) is 4.48. The van der Waals surface area contributed by atoms with Crippen molar-refractivity contribution in [3.05, 3.63) is 82.1 Å². The Hall–Kier alpha value is -3.31. The Balaban J connectivity index is 2.19. The number of hydrogen-bond donors (Lipinski definition) is 1. The van der Waals surface area contributed by atoms with Crippen LogP contribution in [0.2, 0.25) is 10.0 Å². The van der Waals surface area contributed by atoms with Gasteiger partial charge in [0, 0.05) is 17.3 Å². The topological polar surface area (TPSA) is 119 Å². The summed E-state index contributed by atoms with van der Waals surface area (Å²) in [7, 11) is -2.63.